The van der Waals surface area contributed by atoms with Crippen LogP contribution in [0.15, 0.2) is 70.6 Å². The Labute approximate surface area is 226 Å². The number of anilines is 2. The normalized spacial score (nSPS) is 11.5. The summed E-state index contributed by atoms with van der Waals surface area (Å²) in [5, 5.41) is 22.6. The number of benzene rings is 2. The van der Waals surface area contributed by atoms with E-state index in [9.17, 15) is 23.0 Å². The topological polar surface area (TPSA) is 104 Å². The van der Waals surface area contributed by atoms with Gasteiger partial charge in [-0.25, -0.2) is 18.4 Å². The van der Waals surface area contributed by atoms with Crippen LogP contribution in [0.1, 0.15) is 31.0 Å². The molecule has 0 spiro atoms. The van der Waals surface area contributed by atoms with Gasteiger partial charge in [0.25, 0.3) is 0 Å². The molecule has 198 valence electrons. The molecule has 2 heterocycles. The Kier molecular flexibility index (Phi) is 7.89. The largest absolute Gasteiger partial charge is 0.504 e. The summed E-state index contributed by atoms with van der Waals surface area (Å²) in [5.41, 5.74) is 2.61. The molecule has 0 aliphatic heterocycles. The second-order valence-electron chi connectivity index (χ2n) is 8.85. The Hall–Kier alpha value is -3.69. The van der Waals surface area contributed by atoms with Crippen molar-refractivity contribution >= 4 is 32.8 Å². The molecule has 10 heteroatoms. The predicted molar refractivity (Wildman–Crippen MR) is 146 cm³/mol. The first kappa shape index (κ1) is 27.3. The molecule has 2 N–H and O–H groups in total. The van der Waals surface area contributed by atoms with Gasteiger partial charge in [-0.2, -0.15) is 4.39 Å². The summed E-state index contributed by atoms with van der Waals surface area (Å²) in [6, 6.07) is 14.3. The van der Waals surface area contributed by atoms with Crippen LogP contribution in [-0.4, -0.2) is 35.6 Å². The van der Waals surface area contributed by atoms with E-state index in [-0.39, 0.29) is 10.6 Å². The van der Waals surface area contributed by atoms with Crippen LogP contribution in [0.4, 0.5) is 15.8 Å². The SMILES string of the molecule is CCCCc1nc(O)c(S(=O)(=O)c2ccc(-c3ccnc(F)c3C)cc2)c(O)c1N(C)c1cccc(Cl)c1. The number of aromatic hydroxyl groups is 2. The Balaban J connectivity index is 1.84. The maximum Gasteiger partial charge on any atom is 0.234 e. The average Bonchev–Trinajstić information content (AvgIpc) is 2.88. The molecule has 0 radical (unpaired) electrons. The molecule has 0 atom stereocenters. The minimum absolute atomic E-state index is 0.164. The van der Waals surface area contributed by atoms with Gasteiger partial charge in [0.1, 0.15) is 5.69 Å². The highest BCUT2D eigenvalue weighted by molar-refractivity contribution is 7.91. The van der Waals surface area contributed by atoms with E-state index >= 15 is 0 Å². The fourth-order valence-electron chi connectivity index (χ4n) is 4.27. The number of hydrogen-bond acceptors (Lipinski definition) is 7. The average molecular weight is 556 g/mol. The second-order valence-corrected chi connectivity index (χ2v) is 11.2. The van der Waals surface area contributed by atoms with Crippen LogP contribution in [0.2, 0.25) is 5.02 Å². The van der Waals surface area contributed by atoms with E-state index in [4.69, 9.17) is 11.6 Å². The molecule has 4 rings (SSSR count). The van der Waals surface area contributed by atoms with Gasteiger partial charge in [0.15, 0.2) is 10.6 Å². The van der Waals surface area contributed by atoms with E-state index in [0.29, 0.717) is 45.9 Å². The summed E-state index contributed by atoms with van der Waals surface area (Å²) in [4.78, 5) is 8.57. The van der Waals surface area contributed by atoms with Crippen LogP contribution in [0, 0.1) is 12.9 Å². The van der Waals surface area contributed by atoms with Crippen molar-refractivity contribution in [2.24, 2.45) is 0 Å². The molecule has 0 saturated heterocycles. The Morgan fingerprint density at radius 3 is 2.45 bits per heavy atom. The van der Waals surface area contributed by atoms with Gasteiger partial charge >= 0.3 is 0 Å². The maximum atomic E-state index is 13.9. The molecule has 4 aromatic rings. The monoisotopic (exact) mass is 555 g/mol. The van der Waals surface area contributed by atoms with Crippen molar-refractivity contribution in [2.75, 3.05) is 11.9 Å². The number of unbranched alkanes of at least 4 members (excludes halogenated alkanes) is 1. The standard InChI is InChI=1S/C28H27ClFN3O4S/c1-4-5-9-23-24(33(3)20-8-6-7-19(29)16-20)25(34)26(28(35)32-23)38(36,37)21-12-10-18(11-13-21)22-14-15-31-27(30)17(22)2/h6-8,10-16H,4-5,9H2,1-3H3,(H2,32,34,35). The lowest BCUT2D eigenvalue weighted by Gasteiger charge is -2.25. The van der Waals surface area contributed by atoms with E-state index in [2.05, 4.69) is 9.97 Å². The number of aromatic nitrogens is 2. The molecule has 0 amide bonds. The smallest absolute Gasteiger partial charge is 0.234 e. The van der Waals surface area contributed by atoms with Gasteiger partial charge in [0.2, 0.25) is 21.7 Å². The number of hydrogen-bond donors (Lipinski definition) is 2. The van der Waals surface area contributed by atoms with E-state index in [1.54, 1.807) is 49.2 Å². The van der Waals surface area contributed by atoms with E-state index in [1.165, 1.54) is 30.5 Å². The van der Waals surface area contributed by atoms with Gasteiger partial charge in [0, 0.05) is 29.5 Å². The van der Waals surface area contributed by atoms with Crippen molar-refractivity contribution in [3.63, 3.8) is 0 Å². The van der Waals surface area contributed by atoms with Crippen molar-refractivity contribution in [3.05, 3.63) is 83.0 Å². The molecule has 0 bridgehead atoms. The van der Waals surface area contributed by atoms with Gasteiger partial charge in [0.05, 0.1) is 10.6 Å². The molecule has 0 unspecified atom stereocenters. The van der Waals surface area contributed by atoms with Gasteiger partial charge in [-0.15, -0.1) is 0 Å². The number of rotatable bonds is 8. The Morgan fingerprint density at radius 1 is 1.08 bits per heavy atom. The first-order valence-corrected chi connectivity index (χ1v) is 13.8. The predicted octanol–water partition coefficient (Wildman–Crippen LogP) is 6.60. The molecular formula is C28H27ClFN3O4S. The summed E-state index contributed by atoms with van der Waals surface area (Å²) >= 11 is 6.16. The van der Waals surface area contributed by atoms with Crippen LogP contribution >= 0.6 is 11.6 Å². The molecule has 0 aliphatic carbocycles. The molecular weight excluding hydrogens is 529 g/mol. The van der Waals surface area contributed by atoms with Crippen LogP contribution in [0.3, 0.4) is 0 Å². The summed E-state index contributed by atoms with van der Waals surface area (Å²) in [6.45, 7) is 3.58. The lowest BCUT2D eigenvalue weighted by molar-refractivity contribution is 0.405. The minimum atomic E-state index is -4.40. The Bertz CT molecular complexity index is 1590. The molecule has 38 heavy (non-hydrogen) atoms. The number of pyridine rings is 2. The van der Waals surface area contributed by atoms with E-state index in [1.807, 2.05) is 6.92 Å². The minimum Gasteiger partial charge on any atom is -0.504 e. The second kappa shape index (κ2) is 11.0. The highest BCUT2D eigenvalue weighted by Crippen LogP contribution is 2.45. The fraction of sp³-hybridized carbons (Fsp3) is 0.214. The highest BCUT2D eigenvalue weighted by atomic mass is 35.5. The van der Waals surface area contributed by atoms with Crippen molar-refractivity contribution in [2.45, 2.75) is 42.9 Å². The summed E-state index contributed by atoms with van der Waals surface area (Å²) in [5.74, 6) is -2.00. The van der Waals surface area contributed by atoms with Crippen LogP contribution in [0.5, 0.6) is 11.6 Å². The van der Waals surface area contributed by atoms with Crippen LogP contribution < -0.4 is 4.90 Å². The molecule has 7 nitrogen and oxygen atoms in total. The molecule has 0 fully saturated rings. The number of sulfone groups is 1. The van der Waals surface area contributed by atoms with Crippen molar-refractivity contribution in [3.8, 4) is 22.8 Å². The first-order chi connectivity index (χ1) is 18.1. The lowest BCUT2D eigenvalue weighted by atomic mass is 10.0. The van der Waals surface area contributed by atoms with Crippen molar-refractivity contribution in [1.82, 2.24) is 9.97 Å². The van der Waals surface area contributed by atoms with Gasteiger partial charge < -0.3 is 15.1 Å². The highest BCUT2D eigenvalue weighted by Gasteiger charge is 2.32. The fourth-order valence-corrected chi connectivity index (χ4v) is 5.82. The van der Waals surface area contributed by atoms with Crippen molar-refractivity contribution in [1.29, 1.82) is 0 Å². The van der Waals surface area contributed by atoms with Crippen molar-refractivity contribution < 1.29 is 23.0 Å². The van der Waals surface area contributed by atoms with E-state index in [0.717, 1.165) is 6.42 Å². The zero-order chi connectivity index (χ0) is 27.6. The zero-order valence-corrected chi connectivity index (χ0v) is 22.7. The zero-order valence-electron chi connectivity index (χ0n) is 21.1. The Morgan fingerprint density at radius 2 is 1.79 bits per heavy atom. The van der Waals surface area contributed by atoms with Gasteiger partial charge in [-0.3, -0.25) is 0 Å². The third kappa shape index (κ3) is 5.16. The van der Waals surface area contributed by atoms with Gasteiger partial charge in [-0.05, 0) is 67.3 Å². The molecule has 0 saturated carbocycles. The maximum absolute atomic E-state index is 13.9. The van der Waals surface area contributed by atoms with Crippen LogP contribution in [-0.2, 0) is 16.3 Å². The van der Waals surface area contributed by atoms with E-state index < -0.39 is 32.3 Å². The third-order valence-electron chi connectivity index (χ3n) is 6.34. The summed E-state index contributed by atoms with van der Waals surface area (Å²) in [6.07, 6.45) is 3.29. The molecule has 0 aliphatic rings. The summed E-state index contributed by atoms with van der Waals surface area (Å²) < 4.78 is 41.3. The summed E-state index contributed by atoms with van der Waals surface area (Å²) in [7, 11) is -2.74. The molecule has 2 aromatic heterocycles. The number of nitrogens with zero attached hydrogens (tertiary/aromatic N) is 3. The van der Waals surface area contributed by atoms with Gasteiger partial charge in [-0.1, -0.05) is 43.1 Å². The van der Waals surface area contributed by atoms with Crippen LogP contribution in [0.25, 0.3) is 11.1 Å². The number of halogens is 2. The number of aryl methyl sites for hydroxylation is 1. The molecule has 2 aromatic carbocycles. The quantitative estimate of drug-likeness (QED) is 0.236. The third-order valence-corrected chi connectivity index (χ3v) is 8.38. The first-order valence-electron chi connectivity index (χ1n) is 12.0. The lowest BCUT2D eigenvalue weighted by Crippen LogP contribution is -2.15.